The van der Waals surface area contributed by atoms with Crippen LogP contribution < -0.4 is 42.3 Å². The number of ether oxygens (including phenoxy) is 2. The number of nitrogens with zero attached hydrogens (tertiary/aromatic N) is 2. The van der Waals surface area contributed by atoms with E-state index in [1.165, 1.54) is 121 Å². The van der Waals surface area contributed by atoms with Crippen molar-refractivity contribution in [2.75, 3.05) is 0 Å². The molecule has 70 heavy (non-hydrogen) atoms. The van der Waals surface area contributed by atoms with E-state index in [-0.39, 0.29) is 13.4 Å². The number of aromatic nitrogens is 2. The Bertz CT molecular complexity index is 3900. The van der Waals surface area contributed by atoms with Crippen molar-refractivity contribution in [3.63, 3.8) is 0 Å². The minimum absolute atomic E-state index is 0.135. The summed E-state index contributed by atoms with van der Waals surface area (Å²) in [4.78, 5) is 0. The van der Waals surface area contributed by atoms with E-state index in [0.29, 0.717) is 11.8 Å². The Morgan fingerprint density at radius 1 is 0.371 bits per heavy atom. The molecule has 6 heteroatoms. The summed E-state index contributed by atoms with van der Waals surface area (Å²) in [5.74, 6) is 4.56. The molecule has 0 aliphatic carbocycles. The molecule has 9 aromatic carbocycles. The van der Waals surface area contributed by atoms with Crippen LogP contribution in [0, 0.1) is 27.7 Å². The second-order valence-electron chi connectivity index (χ2n) is 21.5. The third kappa shape index (κ3) is 5.29. The lowest BCUT2D eigenvalue weighted by Crippen LogP contribution is -2.63. The van der Waals surface area contributed by atoms with E-state index >= 15 is 0 Å². The molecule has 0 fully saturated rings. The fraction of sp³-hybridized carbons (Fsp3) is 0.156. The quantitative estimate of drug-likeness (QED) is 0.165. The highest BCUT2D eigenvalue weighted by atomic mass is 16.5. The number of benzene rings is 9. The second kappa shape index (κ2) is 14.0. The summed E-state index contributed by atoms with van der Waals surface area (Å²) < 4.78 is 20.5. The van der Waals surface area contributed by atoms with Crippen molar-refractivity contribution in [2.24, 2.45) is 0 Å². The van der Waals surface area contributed by atoms with Crippen LogP contribution in [-0.4, -0.2) is 22.6 Å². The Morgan fingerprint density at radius 3 is 1.16 bits per heavy atom. The second-order valence-corrected chi connectivity index (χ2v) is 21.5. The van der Waals surface area contributed by atoms with Gasteiger partial charge in [-0.2, -0.15) is 0 Å². The Hall–Kier alpha value is -7.69. The van der Waals surface area contributed by atoms with Crippen LogP contribution in [0.5, 0.6) is 23.0 Å². The predicted molar refractivity (Wildman–Crippen MR) is 295 cm³/mol. The molecular formula is C64H50B2N2O2. The van der Waals surface area contributed by atoms with Gasteiger partial charge < -0.3 is 18.6 Å². The third-order valence-corrected chi connectivity index (χ3v) is 16.3. The summed E-state index contributed by atoms with van der Waals surface area (Å²) in [6.45, 7) is 17.7. The fourth-order valence-electron chi connectivity index (χ4n) is 13.1. The minimum atomic E-state index is -0.135. The molecule has 334 valence electrons. The van der Waals surface area contributed by atoms with Crippen molar-refractivity contribution < 1.29 is 9.47 Å². The summed E-state index contributed by atoms with van der Waals surface area (Å²) in [7, 11) is 0. The molecule has 0 saturated heterocycles. The van der Waals surface area contributed by atoms with E-state index in [4.69, 9.17) is 9.47 Å². The SMILES string of the molecule is Cc1ccc2c(c1)c1cc(C)cc3c1n2-c1c2c4c(c5c1B3c1cc(-c3ccc(C(C)C)cc3)ccc1O5)-n1c3ccc(C)cc3c3cc(C)cc(c31)B4c1cc(-c3ccc(C(C)C)cc3)ccc1O2. The molecule has 0 unspecified atom stereocenters. The molecule has 4 nitrogen and oxygen atoms in total. The predicted octanol–water partition coefficient (Wildman–Crippen LogP) is 12.6. The number of fused-ring (bicyclic) bond motifs is 16. The molecular weight excluding hydrogens is 850 g/mol. The van der Waals surface area contributed by atoms with Gasteiger partial charge in [-0.1, -0.05) is 147 Å². The van der Waals surface area contributed by atoms with Crippen LogP contribution in [0.4, 0.5) is 0 Å². The summed E-state index contributed by atoms with van der Waals surface area (Å²) in [6.07, 6.45) is 0. The molecule has 0 N–H and O–H groups in total. The van der Waals surface area contributed by atoms with Gasteiger partial charge in [0, 0.05) is 43.5 Å². The zero-order chi connectivity index (χ0) is 47.2. The Kier molecular flexibility index (Phi) is 8.03. The number of hydrogen-bond donors (Lipinski definition) is 0. The number of hydrogen-bond acceptors (Lipinski definition) is 2. The minimum Gasteiger partial charge on any atom is -0.456 e. The van der Waals surface area contributed by atoms with Crippen LogP contribution in [0.25, 0.3) is 77.2 Å². The van der Waals surface area contributed by atoms with E-state index in [1.807, 2.05) is 0 Å². The van der Waals surface area contributed by atoms with Gasteiger partial charge in [0.25, 0.3) is 13.4 Å². The van der Waals surface area contributed by atoms with Gasteiger partial charge in [0.1, 0.15) is 23.0 Å². The Morgan fingerprint density at radius 2 is 0.757 bits per heavy atom. The van der Waals surface area contributed by atoms with Crippen molar-refractivity contribution >= 4 is 89.8 Å². The molecule has 11 aromatic rings. The van der Waals surface area contributed by atoms with E-state index in [0.717, 1.165) is 45.3 Å². The highest BCUT2D eigenvalue weighted by molar-refractivity contribution is 7.02. The lowest BCUT2D eigenvalue weighted by Gasteiger charge is -2.41. The lowest BCUT2D eigenvalue weighted by atomic mass is 9.31. The monoisotopic (exact) mass is 900 g/mol. The molecule has 2 aromatic heterocycles. The maximum absolute atomic E-state index is 7.72. The zero-order valence-corrected chi connectivity index (χ0v) is 40.9. The van der Waals surface area contributed by atoms with E-state index in [2.05, 4.69) is 210 Å². The lowest BCUT2D eigenvalue weighted by molar-refractivity contribution is 0.472. The summed E-state index contributed by atoms with van der Waals surface area (Å²) >= 11 is 0. The summed E-state index contributed by atoms with van der Waals surface area (Å²) in [6, 6.07) is 55.7. The number of rotatable bonds is 4. The summed E-state index contributed by atoms with van der Waals surface area (Å²) in [5, 5.41) is 5.06. The van der Waals surface area contributed by atoms with Gasteiger partial charge in [-0.25, -0.2) is 0 Å². The molecule has 0 bridgehead atoms. The summed E-state index contributed by atoms with van der Waals surface area (Å²) in [5.41, 5.74) is 26.7. The van der Waals surface area contributed by atoms with Gasteiger partial charge in [0.15, 0.2) is 0 Å². The molecule has 0 amide bonds. The van der Waals surface area contributed by atoms with E-state index in [1.54, 1.807) is 0 Å². The third-order valence-electron chi connectivity index (χ3n) is 16.3. The first-order chi connectivity index (χ1) is 34.0. The van der Waals surface area contributed by atoms with Crippen molar-refractivity contribution in [2.45, 2.75) is 67.2 Å². The smallest absolute Gasteiger partial charge is 0.256 e. The molecule has 6 heterocycles. The van der Waals surface area contributed by atoms with Gasteiger partial charge in [-0.3, -0.25) is 0 Å². The molecule has 4 aliphatic heterocycles. The molecule has 4 aliphatic rings. The normalized spacial score (nSPS) is 13.6. The molecule has 0 saturated carbocycles. The molecule has 0 atom stereocenters. The zero-order valence-electron chi connectivity index (χ0n) is 40.9. The Labute approximate surface area is 409 Å². The fourth-order valence-corrected chi connectivity index (χ4v) is 13.1. The highest BCUT2D eigenvalue weighted by Gasteiger charge is 2.50. The van der Waals surface area contributed by atoms with Crippen molar-refractivity contribution in [1.29, 1.82) is 0 Å². The molecule has 0 radical (unpaired) electrons. The topological polar surface area (TPSA) is 28.3 Å². The largest absolute Gasteiger partial charge is 0.456 e. The first-order valence-corrected chi connectivity index (χ1v) is 25.2. The highest BCUT2D eigenvalue weighted by Crippen LogP contribution is 2.49. The number of aryl methyl sites for hydroxylation is 4. The van der Waals surface area contributed by atoms with Gasteiger partial charge >= 0.3 is 0 Å². The van der Waals surface area contributed by atoms with E-state index < -0.39 is 0 Å². The van der Waals surface area contributed by atoms with Crippen LogP contribution in [0.15, 0.2) is 146 Å². The average Bonchev–Trinajstić information content (AvgIpc) is 3.85. The van der Waals surface area contributed by atoms with Crippen LogP contribution in [0.2, 0.25) is 0 Å². The van der Waals surface area contributed by atoms with Gasteiger partial charge in [-0.05, 0) is 143 Å². The van der Waals surface area contributed by atoms with E-state index in [9.17, 15) is 0 Å². The molecule has 0 spiro atoms. The van der Waals surface area contributed by atoms with Crippen LogP contribution in [0.1, 0.15) is 72.9 Å². The molecule has 15 rings (SSSR count). The first kappa shape index (κ1) is 40.2. The van der Waals surface area contributed by atoms with Gasteiger partial charge in [0.05, 0.1) is 22.4 Å². The maximum atomic E-state index is 7.72. The Balaban J connectivity index is 1.10. The van der Waals surface area contributed by atoms with Gasteiger partial charge in [-0.15, -0.1) is 0 Å². The maximum Gasteiger partial charge on any atom is 0.256 e. The van der Waals surface area contributed by atoms with Crippen LogP contribution in [-0.2, 0) is 0 Å². The van der Waals surface area contributed by atoms with Crippen LogP contribution in [0.3, 0.4) is 0 Å². The van der Waals surface area contributed by atoms with Crippen molar-refractivity contribution in [3.8, 4) is 56.6 Å². The van der Waals surface area contributed by atoms with Crippen LogP contribution >= 0.6 is 0 Å². The average molecular weight is 901 g/mol. The first-order valence-electron chi connectivity index (χ1n) is 25.2. The van der Waals surface area contributed by atoms with Crippen molar-refractivity contribution in [1.82, 2.24) is 9.13 Å². The standard InChI is InChI=1S/C64H50B2N2O2/c1-33(2)39-11-15-41(16-12-39)43-19-23-55-49(31-43)65-51-29-37(7)27-47-45-25-35(5)9-21-53(45)67(59(47)51)61-57(65)63(69-55)62-58-64(61)70-56-24-20-44(42-17-13-40(14-18-42)34(3)4)32-50(56)66(58)52-30-38(8)28-48-46-26-36(6)10-22-54(46)68(62)60(48)52/h9-34H,1-8H3. The van der Waals surface area contributed by atoms with Crippen molar-refractivity contribution in [3.05, 3.63) is 179 Å². The van der Waals surface area contributed by atoms with Gasteiger partial charge in [0.2, 0.25) is 0 Å².